The highest BCUT2D eigenvalue weighted by Gasteiger charge is 2.07. The van der Waals surface area contributed by atoms with Crippen molar-refractivity contribution in [2.24, 2.45) is 0 Å². The lowest BCUT2D eigenvalue weighted by molar-refractivity contribution is -0.384. The smallest absolute Gasteiger partial charge is 0.269 e. The Kier molecular flexibility index (Phi) is 4.85. The van der Waals surface area contributed by atoms with Crippen LogP contribution < -0.4 is 0 Å². The Morgan fingerprint density at radius 1 is 1.05 bits per heavy atom. The van der Waals surface area contributed by atoms with Crippen LogP contribution in [0.5, 0.6) is 0 Å². The number of benzene rings is 2. The molecule has 2 aromatic rings. The van der Waals surface area contributed by atoms with Crippen LogP contribution in [0.4, 0.5) is 5.69 Å². The monoisotopic (exact) mass is 271 g/mol. The van der Waals surface area contributed by atoms with Crippen molar-refractivity contribution in [1.82, 2.24) is 0 Å². The fraction of sp³-hybridized carbons (Fsp3) is 0.250. The van der Waals surface area contributed by atoms with E-state index in [9.17, 15) is 15.2 Å². The van der Waals surface area contributed by atoms with Gasteiger partial charge in [-0.3, -0.25) is 10.1 Å². The molecule has 0 unspecified atom stereocenters. The molecule has 0 amide bonds. The molecule has 4 nitrogen and oxygen atoms in total. The summed E-state index contributed by atoms with van der Waals surface area (Å²) in [6, 6.07) is 16.1. The molecular formula is C16H17NO3. The van der Waals surface area contributed by atoms with Crippen molar-refractivity contribution in [3.05, 3.63) is 75.8 Å². The van der Waals surface area contributed by atoms with Crippen LogP contribution >= 0.6 is 0 Å². The molecule has 0 bridgehead atoms. The van der Waals surface area contributed by atoms with E-state index in [1.54, 1.807) is 12.1 Å². The number of nitrogens with zero attached hydrogens (tertiary/aromatic N) is 1. The Balaban J connectivity index is 1.82. The van der Waals surface area contributed by atoms with Gasteiger partial charge in [0.15, 0.2) is 0 Å². The van der Waals surface area contributed by atoms with E-state index in [1.165, 1.54) is 12.1 Å². The molecule has 0 radical (unpaired) electrons. The first-order valence-electron chi connectivity index (χ1n) is 6.63. The highest BCUT2D eigenvalue weighted by Crippen LogP contribution is 2.20. The first kappa shape index (κ1) is 14.2. The number of non-ortho nitro benzene ring substituents is 1. The average molecular weight is 271 g/mol. The fourth-order valence-electron chi connectivity index (χ4n) is 2.13. The van der Waals surface area contributed by atoms with Gasteiger partial charge < -0.3 is 5.11 Å². The van der Waals surface area contributed by atoms with Gasteiger partial charge in [-0.25, -0.2) is 0 Å². The first-order valence-corrected chi connectivity index (χ1v) is 6.63. The Labute approximate surface area is 117 Å². The quantitative estimate of drug-likeness (QED) is 0.644. The zero-order chi connectivity index (χ0) is 14.4. The lowest BCUT2D eigenvalue weighted by Gasteiger charge is -2.10. The minimum atomic E-state index is -0.450. The van der Waals surface area contributed by atoms with Gasteiger partial charge in [0.05, 0.1) is 11.0 Å². The normalized spacial score (nSPS) is 12.1. The van der Waals surface area contributed by atoms with E-state index in [4.69, 9.17) is 0 Å². The van der Waals surface area contributed by atoms with Gasteiger partial charge in [-0.15, -0.1) is 0 Å². The van der Waals surface area contributed by atoms with Gasteiger partial charge in [0.1, 0.15) is 0 Å². The third kappa shape index (κ3) is 3.90. The number of hydrogen-bond donors (Lipinski definition) is 1. The second-order valence-corrected chi connectivity index (χ2v) is 4.74. The minimum absolute atomic E-state index is 0.109. The van der Waals surface area contributed by atoms with Crippen LogP contribution in [0, 0.1) is 10.1 Å². The number of aliphatic hydroxyl groups is 1. The molecule has 0 saturated carbocycles. The lowest BCUT2D eigenvalue weighted by Crippen LogP contribution is -1.98. The molecule has 0 aliphatic heterocycles. The molecular weight excluding hydrogens is 254 g/mol. The van der Waals surface area contributed by atoms with Crippen LogP contribution in [-0.4, -0.2) is 10.0 Å². The summed E-state index contributed by atoms with van der Waals surface area (Å²) in [6.45, 7) is 0. The zero-order valence-electron chi connectivity index (χ0n) is 11.1. The molecule has 0 fully saturated rings. The minimum Gasteiger partial charge on any atom is -0.388 e. The SMILES string of the molecule is O=[N+]([O-])c1ccc(CCC[C@@H](O)c2ccccc2)cc1. The topological polar surface area (TPSA) is 63.4 Å². The van der Waals surface area contributed by atoms with Gasteiger partial charge in [0.2, 0.25) is 0 Å². The third-order valence-electron chi connectivity index (χ3n) is 3.27. The molecule has 2 rings (SSSR count). The van der Waals surface area contributed by atoms with Crippen LogP contribution in [0.1, 0.15) is 30.1 Å². The molecule has 4 heteroatoms. The summed E-state index contributed by atoms with van der Waals surface area (Å²) < 4.78 is 0. The molecule has 0 aliphatic carbocycles. The van der Waals surface area contributed by atoms with Crippen LogP contribution in [0.3, 0.4) is 0 Å². The summed E-state index contributed by atoms with van der Waals surface area (Å²) in [5, 5.41) is 20.6. The third-order valence-corrected chi connectivity index (χ3v) is 3.27. The number of aryl methyl sites for hydroxylation is 1. The van der Waals surface area contributed by atoms with Crippen LogP contribution in [0.15, 0.2) is 54.6 Å². The number of nitro benzene ring substituents is 1. The van der Waals surface area contributed by atoms with E-state index in [-0.39, 0.29) is 5.69 Å². The number of hydrogen-bond acceptors (Lipinski definition) is 3. The molecule has 1 atom stereocenters. The standard InChI is InChI=1S/C16H17NO3/c18-16(14-6-2-1-3-7-14)8-4-5-13-9-11-15(12-10-13)17(19)20/h1-3,6-7,9-12,16,18H,4-5,8H2/t16-/m1/s1. The highest BCUT2D eigenvalue weighted by molar-refractivity contribution is 5.32. The van der Waals surface area contributed by atoms with Crippen LogP contribution in [-0.2, 0) is 6.42 Å². The average Bonchev–Trinajstić information content (AvgIpc) is 2.48. The van der Waals surface area contributed by atoms with Gasteiger partial charge in [0.25, 0.3) is 5.69 Å². The van der Waals surface area contributed by atoms with Crippen molar-refractivity contribution < 1.29 is 10.0 Å². The molecule has 1 N–H and O–H groups in total. The molecule has 2 aromatic carbocycles. The lowest BCUT2D eigenvalue weighted by atomic mass is 10.0. The molecule has 0 aromatic heterocycles. The van der Waals surface area contributed by atoms with Crippen molar-refractivity contribution in [3.8, 4) is 0 Å². The predicted molar refractivity (Wildman–Crippen MR) is 77.4 cm³/mol. The zero-order valence-corrected chi connectivity index (χ0v) is 11.1. The van der Waals surface area contributed by atoms with Crippen LogP contribution in [0.2, 0.25) is 0 Å². The number of nitro groups is 1. The number of aliphatic hydroxyl groups excluding tert-OH is 1. The maximum Gasteiger partial charge on any atom is 0.269 e. The van der Waals surface area contributed by atoms with E-state index in [2.05, 4.69) is 0 Å². The molecule has 0 aliphatic rings. The summed E-state index contributed by atoms with van der Waals surface area (Å²) in [7, 11) is 0. The largest absolute Gasteiger partial charge is 0.388 e. The van der Waals surface area contributed by atoms with Crippen molar-refractivity contribution in [3.63, 3.8) is 0 Å². The molecule has 0 heterocycles. The van der Waals surface area contributed by atoms with E-state index >= 15 is 0 Å². The van der Waals surface area contributed by atoms with Crippen LogP contribution in [0.25, 0.3) is 0 Å². The summed E-state index contributed by atoms with van der Waals surface area (Å²) in [5.74, 6) is 0. The Morgan fingerprint density at radius 2 is 1.70 bits per heavy atom. The molecule has 20 heavy (non-hydrogen) atoms. The van der Waals surface area contributed by atoms with E-state index in [0.29, 0.717) is 6.42 Å². The van der Waals surface area contributed by atoms with E-state index in [0.717, 1.165) is 24.0 Å². The van der Waals surface area contributed by atoms with Crippen molar-refractivity contribution in [2.45, 2.75) is 25.4 Å². The van der Waals surface area contributed by atoms with E-state index in [1.807, 2.05) is 30.3 Å². The van der Waals surface area contributed by atoms with Gasteiger partial charge in [-0.05, 0) is 30.4 Å². The summed E-state index contributed by atoms with van der Waals surface area (Å²) >= 11 is 0. The van der Waals surface area contributed by atoms with Gasteiger partial charge >= 0.3 is 0 Å². The molecule has 0 saturated heterocycles. The van der Waals surface area contributed by atoms with E-state index < -0.39 is 11.0 Å². The number of rotatable bonds is 6. The highest BCUT2D eigenvalue weighted by atomic mass is 16.6. The maximum atomic E-state index is 10.5. The molecule has 0 spiro atoms. The summed E-state index contributed by atoms with van der Waals surface area (Å²) in [5.41, 5.74) is 2.09. The predicted octanol–water partition coefficient (Wildman–Crippen LogP) is 3.65. The summed E-state index contributed by atoms with van der Waals surface area (Å²) in [6.07, 6.45) is 1.88. The Hall–Kier alpha value is -2.20. The summed E-state index contributed by atoms with van der Waals surface area (Å²) in [4.78, 5) is 10.1. The van der Waals surface area contributed by atoms with Crippen molar-refractivity contribution >= 4 is 5.69 Å². The molecule has 104 valence electrons. The van der Waals surface area contributed by atoms with Gasteiger partial charge in [-0.1, -0.05) is 42.5 Å². The Morgan fingerprint density at radius 3 is 2.30 bits per heavy atom. The van der Waals surface area contributed by atoms with Gasteiger partial charge in [-0.2, -0.15) is 0 Å². The van der Waals surface area contributed by atoms with Crippen molar-refractivity contribution in [2.75, 3.05) is 0 Å². The maximum absolute atomic E-state index is 10.5. The first-order chi connectivity index (χ1) is 9.66. The Bertz CT molecular complexity index is 552. The van der Waals surface area contributed by atoms with Crippen molar-refractivity contribution in [1.29, 1.82) is 0 Å². The second kappa shape index (κ2) is 6.82. The fourth-order valence-corrected chi connectivity index (χ4v) is 2.13. The van der Waals surface area contributed by atoms with Gasteiger partial charge in [0, 0.05) is 12.1 Å². The second-order valence-electron chi connectivity index (χ2n) is 4.74.